The quantitative estimate of drug-likeness (QED) is 0.549. The Bertz CT molecular complexity index is 688. The number of para-hydroxylation sites is 2. The van der Waals surface area contributed by atoms with E-state index in [9.17, 15) is 4.79 Å². The summed E-state index contributed by atoms with van der Waals surface area (Å²) in [4.78, 5) is 13.7. The van der Waals surface area contributed by atoms with Gasteiger partial charge in [0.1, 0.15) is 11.5 Å². The van der Waals surface area contributed by atoms with Crippen molar-refractivity contribution >= 4 is 23.4 Å². The molecule has 0 saturated carbocycles. The molecule has 1 amide bonds. The number of carbonyl (C=O) groups excluding carboxylic acids is 1. The molecule has 0 fully saturated rings. The second kappa shape index (κ2) is 9.23. The number of rotatable bonds is 8. The molecular weight excluding hydrogens is 322 g/mol. The third kappa shape index (κ3) is 4.68. The van der Waals surface area contributed by atoms with E-state index in [4.69, 9.17) is 9.47 Å². The van der Waals surface area contributed by atoms with Crippen LogP contribution < -0.4 is 14.8 Å². The molecule has 4 nitrogen and oxygen atoms in total. The summed E-state index contributed by atoms with van der Waals surface area (Å²) in [5.74, 6) is 1.02. The fraction of sp³-hybridized carbons (Fsp3) is 0.316. The zero-order valence-corrected chi connectivity index (χ0v) is 15.1. The number of methoxy groups -OCH3 is 1. The Morgan fingerprint density at radius 3 is 2.67 bits per heavy atom. The van der Waals surface area contributed by atoms with Crippen LogP contribution >= 0.6 is 11.8 Å². The van der Waals surface area contributed by atoms with Gasteiger partial charge in [0, 0.05) is 4.90 Å². The summed E-state index contributed by atoms with van der Waals surface area (Å²) < 4.78 is 11.1. The Morgan fingerprint density at radius 1 is 1.17 bits per heavy atom. The first kappa shape index (κ1) is 18.2. The minimum Gasteiger partial charge on any atom is -0.496 e. The predicted molar refractivity (Wildman–Crippen MR) is 99.6 cm³/mol. The smallest absolute Gasteiger partial charge is 0.259 e. The van der Waals surface area contributed by atoms with Gasteiger partial charge >= 0.3 is 0 Å². The summed E-state index contributed by atoms with van der Waals surface area (Å²) in [6, 6.07) is 13.0. The van der Waals surface area contributed by atoms with Crippen LogP contribution in [-0.4, -0.2) is 25.9 Å². The van der Waals surface area contributed by atoms with Gasteiger partial charge < -0.3 is 14.8 Å². The molecule has 5 heteroatoms. The summed E-state index contributed by atoms with van der Waals surface area (Å²) in [7, 11) is 1.57. The minimum atomic E-state index is -0.217. The first-order chi connectivity index (χ1) is 11.7. The number of hydrogen-bond acceptors (Lipinski definition) is 4. The van der Waals surface area contributed by atoms with Crippen molar-refractivity contribution in [2.75, 3.05) is 25.3 Å². The van der Waals surface area contributed by atoms with Crippen molar-refractivity contribution in [3.05, 3.63) is 48.0 Å². The van der Waals surface area contributed by atoms with Crippen molar-refractivity contribution in [3.8, 4) is 11.5 Å². The lowest BCUT2D eigenvalue weighted by Gasteiger charge is -2.14. The van der Waals surface area contributed by atoms with Gasteiger partial charge in [0.2, 0.25) is 0 Å². The van der Waals surface area contributed by atoms with Gasteiger partial charge in [-0.3, -0.25) is 4.79 Å². The van der Waals surface area contributed by atoms with E-state index in [0.717, 1.165) is 17.7 Å². The number of thioether (sulfide) groups is 1. The largest absolute Gasteiger partial charge is 0.496 e. The van der Waals surface area contributed by atoms with E-state index < -0.39 is 0 Å². The van der Waals surface area contributed by atoms with Crippen LogP contribution in [0.15, 0.2) is 47.4 Å². The van der Waals surface area contributed by atoms with Crippen LogP contribution in [0.4, 0.5) is 5.69 Å². The number of benzene rings is 2. The maximum Gasteiger partial charge on any atom is 0.259 e. The summed E-state index contributed by atoms with van der Waals surface area (Å²) in [6.45, 7) is 2.75. The highest BCUT2D eigenvalue weighted by atomic mass is 32.2. The Kier molecular flexibility index (Phi) is 7.00. The van der Waals surface area contributed by atoms with E-state index in [1.165, 1.54) is 0 Å². The van der Waals surface area contributed by atoms with E-state index in [0.29, 0.717) is 29.4 Å². The Hall–Kier alpha value is -2.14. The molecule has 0 heterocycles. The van der Waals surface area contributed by atoms with Gasteiger partial charge in [-0.15, -0.1) is 11.8 Å². The fourth-order valence-corrected chi connectivity index (χ4v) is 2.63. The van der Waals surface area contributed by atoms with Crippen molar-refractivity contribution in [3.63, 3.8) is 0 Å². The molecule has 0 unspecified atom stereocenters. The third-order valence-electron chi connectivity index (χ3n) is 3.54. The van der Waals surface area contributed by atoms with Crippen LogP contribution in [0.5, 0.6) is 11.5 Å². The van der Waals surface area contributed by atoms with Crippen molar-refractivity contribution in [1.29, 1.82) is 0 Å². The van der Waals surface area contributed by atoms with E-state index in [-0.39, 0.29) is 5.91 Å². The van der Waals surface area contributed by atoms with Crippen LogP contribution in [0.25, 0.3) is 0 Å². The summed E-state index contributed by atoms with van der Waals surface area (Å²) in [5, 5.41) is 2.92. The molecule has 0 spiro atoms. The van der Waals surface area contributed by atoms with Crippen LogP contribution in [-0.2, 0) is 0 Å². The van der Waals surface area contributed by atoms with E-state index >= 15 is 0 Å². The van der Waals surface area contributed by atoms with Gasteiger partial charge in [0.15, 0.2) is 0 Å². The molecule has 0 aliphatic rings. The van der Waals surface area contributed by atoms with Crippen molar-refractivity contribution in [2.24, 2.45) is 0 Å². The maximum atomic E-state index is 12.6. The van der Waals surface area contributed by atoms with Gasteiger partial charge in [-0.2, -0.15) is 0 Å². The molecule has 2 rings (SSSR count). The van der Waals surface area contributed by atoms with E-state index in [1.54, 1.807) is 24.9 Å². The molecule has 0 aromatic heterocycles. The number of ether oxygens (including phenoxy) is 2. The van der Waals surface area contributed by atoms with Crippen molar-refractivity contribution in [1.82, 2.24) is 0 Å². The highest BCUT2D eigenvalue weighted by molar-refractivity contribution is 7.98. The number of anilines is 1. The average Bonchev–Trinajstić information content (AvgIpc) is 2.62. The number of hydrogen-bond donors (Lipinski definition) is 1. The first-order valence-corrected chi connectivity index (χ1v) is 9.17. The highest BCUT2D eigenvalue weighted by Gasteiger charge is 2.15. The second-order valence-corrected chi connectivity index (χ2v) is 6.10. The molecule has 0 bridgehead atoms. The van der Waals surface area contributed by atoms with Crippen LogP contribution in [0.2, 0.25) is 0 Å². The van der Waals surface area contributed by atoms with E-state index in [2.05, 4.69) is 12.2 Å². The van der Waals surface area contributed by atoms with Crippen molar-refractivity contribution in [2.45, 2.75) is 24.7 Å². The average molecular weight is 345 g/mol. The minimum absolute atomic E-state index is 0.217. The fourth-order valence-electron chi connectivity index (χ4n) is 2.20. The lowest BCUT2D eigenvalue weighted by Crippen LogP contribution is -2.14. The van der Waals surface area contributed by atoms with Gasteiger partial charge in [-0.05, 0) is 43.0 Å². The van der Waals surface area contributed by atoms with Gasteiger partial charge in [0.05, 0.1) is 25.0 Å². The molecule has 0 atom stereocenters. The topological polar surface area (TPSA) is 47.6 Å². The second-order valence-electron chi connectivity index (χ2n) is 5.22. The zero-order valence-electron chi connectivity index (χ0n) is 14.3. The Labute approximate surface area is 147 Å². The normalized spacial score (nSPS) is 10.3. The lowest BCUT2D eigenvalue weighted by molar-refractivity contribution is 0.102. The summed E-state index contributed by atoms with van der Waals surface area (Å²) in [6.07, 6.45) is 4.03. The molecule has 24 heavy (non-hydrogen) atoms. The lowest BCUT2D eigenvalue weighted by atomic mass is 10.1. The molecule has 1 N–H and O–H groups in total. The third-order valence-corrected chi connectivity index (χ3v) is 4.27. The zero-order chi connectivity index (χ0) is 17.4. The van der Waals surface area contributed by atoms with Crippen LogP contribution in [0.1, 0.15) is 30.1 Å². The first-order valence-electron chi connectivity index (χ1n) is 7.94. The maximum absolute atomic E-state index is 12.6. The van der Waals surface area contributed by atoms with Crippen LogP contribution in [0.3, 0.4) is 0 Å². The van der Waals surface area contributed by atoms with Gasteiger partial charge in [-0.25, -0.2) is 0 Å². The number of unbranched alkanes of at least 4 members (excludes halogenated alkanes) is 1. The standard InChI is InChI=1S/C19H23NO3S/c1-4-5-12-23-17-9-7-6-8-16(17)20-19(21)15-11-10-14(24-3)13-18(15)22-2/h6-11,13H,4-5,12H2,1-3H3,(H,20,21). The van der Waals surface area contributed by atoms with Crippen LogP contribution in [0, 0.1) is 0 Å². The molecule has 128 valence electrons. The summed E-state index contributed by atoms with van der Waals surface area (Å²) >= 11 is 1.60. The van der Waals surface area contributed by atoms with Gasteiger partial charge in [-0.1, -0.05) is 25.5 Å². The molecular formula is C19H23NO3S. The number of nitrogens with one attached hydrogen (secondary N) is 1. The molecule has 0 aliphatic carbocycles. The number of amides is 1. The van der Waals surface area contributed by atoms with Gasteiger partial charge in [0.25, 0.3) is 5.91 Å². The summed E-state index contributed by atoms with van der Waals surface area (Å²) in [5.41, 5.74) is 1.16. The van der Waals surface area contributed by atoms with E-state index in [1.807, 2.05) is 42.7 Å². The Morgan fingerprint density at radius 2 is 1.96 bits per heavy atom. The molecule has 0 radical (unpaired) electrons. The molecule has 2 aromatic carbocycles. The monoisotopic (exact) mass is 345 g/mol. The van der Waals surface area contributed by atoms with Crippen molar-refractivity contribution < 1.29 is 14.3 Å². The predicted octanol–water partition coefficient (Wildman–Crippen LogP) is 4.85. The highest BCUT2D eigenvalue weighted by Crippen LogP contribution is 2.28. The number of carbonyl (C=O) groups is 1. The molecule has 0 saturated heterocycles. The molecule has 2 aromatic rings. The SMILES string of the molecule is CCCCOc1ccccc1NC(=O)c1ccc(SC)cc1OC. The molecule has 0 aliphatic heterocycles. The Balaban J connectivity index is 2.18.